The van der Waals surface area contributed by atoms with E-state index in [2.05, 4.69) is 6.07 Å². The lowest BCUT2D eigenvalue weighted by molar-refractivity contribution is 0.0697. The summed E-state index contributed by atoms with van der Waals surface area (Å²) in [4.78, 5) is 11.5. The van der Waals surface area contributed by atoms with Crippen molar-refractivity contribution >= 4 is 39.4 Å². The summed E-state index contributed by atoms with van der Waals surface area (Å²) in [6, 6.07) is 20.3. The predicted octanol–water partition coefficient (Wildman–Crippen LogP) is 6.71. The van der Waals surface area contributed by atoms with E-state index in [1.807, 2.05) is 70.2 Å². The van der Waals surface area contributed by atoms with Crippen molar-refractivity contribution in [1.29, 1.82) is 0 Å². The number of nitrogens with zero attached hydrogens (tertiary/aromatic N) is 1. The van der Waals surface area contributed by atoms with Gasteiger partial charge in [-0.3, -0.25) is 4.55 Å². The number of carboxylic acid groups (broad SMARTS) is 1. The second kappa shape index (κ2) is 8.81. The smallest absolute Gasteiger partial charge is 0.335 e. The molecule has 0 spiro atoms. The third-order valence-corrected chi connectivity index (χ3v) is 6.92. The number of aromatic carboxylic acids is 1. The number of hydrogen-bond donors (Lipinski definition) is 2. The van der Waals surface area contributed by atoms with Crippen molar-refractivity contribution in [1.82, 2.24) is 0 Å². The van der Waals surface area contributed by atoms with Crippen molar-refractivity contribution in [3.05, 3.63) is 94.5 Å². The fraction of sp³-hybridized carbons (Fsp3) is 0.148. The molecule has 1 atom stereocenters. The third-order valence-electron chi connectivity index (χ3n) is 6.23. The lowest BCUT2D eigenvalue weighted by Gasteiger charge is -2.27. The summed E-state index contributed by atoms with van der Waals surface area (Å²) in [7, 11) is 0. The minimum atomic E-state index is -2.30. The molecule has 4 aromatic carbocycles. The van der Waals surface area contributed by atoms with Crippen molar-refractivity contribution in [2.45, 2.75) is 27.7 Å². The summed E-state index contributed by atoms with van der Waals surface area (Å²) < 4.78 is 24.6. The Labute approximate surface area is 195 Å². The van der Waals surface area contributed by atoms with Crippen molar-refractivity contribution in [2.24, 2.45) is 0 Å². The molecule has 2 N–H and O–H groups in total. The third kappa shape index (κ3) is 4.03. The van der Waals surface area contributed by atoms with E-state index in [1.54, 1.807) is 18.2 Å². The van der Waals surface area contributed by atoms with Crippen LogP contribution in [0.2, 0.25) is 0 Å². The maximum atomic E-state index is 12.7. The molecule has 0 amide bonds. The van der Waals surface area contributed by atoms with E-state index in [9.17, 15) is 18.7 Å². The molecule has 0 heterocycles. The van der Waals surface area contributed by atoms with Crippen LogP contribution in [0.4, 0.5) is 11.4 Å². The van der Waals surface area contributed by atoms with E-state index >= 15 is 0 Å². The molecule has 33 heavy (non-hydrogen) atoms. The summed E-state index contributed by atoms with van der Waals surface area (Å²) in [5.41, 5.74) is 7.17. The second-order valence-electron chi connectivity index (χ2n) is 8.20. The second-order valence-corrected chi connectivity index (χ2v) is 9.02. The van der Waals surface area contributed by atoms with Crippen LogP contribution < -0.4 is 4.31 Å². The highest BCUT2D eigenvalue weighted by Gasteiger charge is 2.24. The number of hydrogen-bond acceptors (Lipinski definition) is 2. The molecule has 6 heteroatoms. The Morgan fingerprint density at radius 3 is 2.06 bits per heavy atom. The van der Waals surface area contributed by atoms with Gasteiger partial charge in [-0.2, -0.15) is 0 Å². The van der Waals surface area contributed by atoms with E-state index < -0.39 is 17.2 Å². The summed E-state index contributed by atoms with van der Waals surface area (Å²) in [6.45, 7) is 7.93. The molecule has 0 bridgehead atoms. The summed E-state index contributed by atoms with van der Waals surface area (Å²) in [5.74, 6) is -0.986. The number of fused-ring (bicyclic) bond motifs is 1. The van der Waals surface area contributed by atoms with Gasteiger partial charge in [-0.1, -0.05) is 48.5 Å². The van der Waals surface area contributed by atoms with Crippen molar-refractivity contribution in [2.75, 3.05) is 4.31 Å². The molecule has 0 aliphatic rings. The molecule has 0 fully saturated rings. The topological polar surface area (TPSA) is 77.8 Å². The summed E-state index contributed by atoms with van der Waals surface area (Å²) in [5, 5.41) is 11.1. The van der Waals surface area contributed by atoms with Gasteiger partial charge < -0.3 is 5.11 Å². The standard InChI is InChI=1S/C27H25NO4S/c1-16-14-17(2)19(4)26(18(16)3)28(33(31)32)25-13-12-22(23-10-5-6-11-24(23)25)20-8-7-9-21(15-20)27(29)30/h5-15H,1-4H3,(H,29,30)(H,31,32). The normalized spacial score (nSPS) is 12.0. The Morgan fingerprint density at radius 2 is 1.45 bits per heavy atom. The van der Waals surface area contributed by atoms with Crippen molar-refractivity contribution in [3.63, 3.8) is 0 Å². The van der Waals surface area contributed by atoms with Crippen molar-refractivity contribution < 1.29 is 18.7 Å². The zero-order chi connectivity index (χ0) is 23.9. The minimum Gasteiger partial charge on any atom is -0.478 e. The fourth-order valence-electron chi connectivity index (χ4n) is 4.32. The molecule has 0 saturated heterocycles. The van der Waals surface area contributed by atoms with Crippen LogP contribution in [0, 0.1) is 27.7 Å². The highest BCUT2D eigenvalue weighted by atomic mass is 32.2. The molecule has 0 aliphatic carbocycles. The van der Waals surface area contributed by atoms with Gasteiger partial charge >= 0.3 is 5.97 Å². The van der Waals surface area contributed by atoms with Crippen LogP contribution >= 0.6 is 0 Å². The largest absolute Gasteiger partial charge is 0.478 e. The summed E-state index contributed by atoms with van der Waals surface area (Å²) >= 11 is -2.30. The quantitative estimate of drug-likeness (QED) is 0.325. The fourth-order valence-corrected chi connectivity index (χ4v) is 5.07. The number of carbonyl (C=O) groups is 1. The lowest BCUT2D eigenvalue weighted by atomic mass is 9.95. The predicted molar refractivity (Wildman–Crippen MR) is 135 cm³/mol. The Balaban J connectivity index is 2.00. The first-order valence-electron chi connectivity index (χ1n) is 10.5. The lowest BCUT2D eigenvalue weighted by Crippen LogP contribution is -2.22. The Morgan fingerprint density at radius 1 is 0.818 bits per heavy atom. The first kappa shape index (κ1) is 22.7. The summed E-state index contributed by atoms with van der Waals surface area (Å²) in [6.07, 6.45) is 0. The van der Waals surface area contributed by atoms with Crippen LogP contribution in [0.3, 0.4) is 0 Å². The Bertz CT molecular complexity index is 1400. The molecule has 0 saturated carbocycles. The molecular weight excluding hydrogens is 434 g/mol. The van der Waals surface area contributed by atoms with E-state index in [-0.39, 0.29) is 5.56 Å². The molecule has 0 aliphatic heterocycles. The van der Waals surface area contributed by atoms with Gasteiger partial charge in [-0.15, -0.1) is 0 Å². The minimum absolute atomic E-state index is 0.209. The molecule has 168 valence electrons. The van der Waals surface area contributed by atoms with Gasteiger partial charge in [0.1, 0.15) is 0 Å². The Hall–Kier alpha value is -3.48. The molecule has 5 nitrogen and oxygen atoms in total. The van der Waals surface area contributed by atoms with E-state index in [1.165, 1.54) is 4.31 Å². The van der Waals surface area contributed by atoms with Crippen LogP contribution in [0.25, 0.3) is 21.9 Å². The van der Waals surface area contributed by atoms with E-state index in [0.717, 1.165) is 49.8 Å². The molecular formula is C27H25NO4S. The maximum absolute atomic E-state index is 12.7. The van der Waals surface area contributed by atoms with Gasteiger partial charge in [-0.05, 0) is 84.7 Å². The van der Waals surface area contributed by atoms with Crippen molar-refractivity contribution in [3.8, 4) is 11.1 Å². The van der Waals surface area contributed by atoms with Gasteiger partial charge in [0.2, 0.25) is 0 Å². The first-order chi connectivity index (χ1) is 15.7. The Kier molecular flexibility index (Phi) is 6.06. The van der Waals surface area contributed by atoms with Gasteiger partial charge in [0, 0.05) is 5.39 Å². The highest BCUT2D eigenvalue weighted by Crippen LogP contribution is 2.41. The molecule has 1 unspecified atom stereocenters. The van der Waals surface area contributed by atoms with E-state index in [4.69, 9.17) is 0 Å². The van der Waals surface area contributed by atoms with Crippen LogP contribution in [0.5, 0.6) is 0 Å². The number of carboxylic acids is 1. The van der Waals surface area contributed by atoms with Crippen LogP contribution in [0.1, 0.15) is 32.6 Å². The average molecular weight is 460 g/mol. The molecule has 4 aromatic rings. The van der Waals surface area contributed by atoms with Gasteiger partial charge in [-0.25, -0.2) is 13.3 Å². The zero-order valence-corrected chi connectivity index (χ0v) is 19.7. The van der Waals surface area contributed by atoms with Crippen LogP contribution in [-0.4, -0.2) is 19.8 Å². The van der Waals surface area contributed by atoms with Crippen LogP contribution in [0.15, 0.2) is 66.7 Å². The number of benzene rings is 4. The first-order valence-corrected chi connectivity index (χ1v) is 11.6. The zero-order valence-electron chi connectivity index (χ0n) is 18.9. The molecule has 0 aromatic heterocycles. The number of rotatable bonds is 5. The average Bonchev–Trinajstić information content (AvgIpc) is 2.80. The maximum Gasteiger partial charge on any atom is 0.335 e. The monoisotopic (exact) mass is 459 g/mol. The SMILES string of the molecule is Cc1cc(C)c(C)c(N(c2ccc(-c3cccc(C(=O)O)c3)c3ccccc23)S(=O)O)c1C. The highest BCUT2D eigenvalue weighted by molar-refractivity contribution is 7.81. The van der Waals surface area contributed by atoms with Gasteiger partial charge in [0.05, 0.1) is 16.9 Å². The van der Waals surface area contributed by atoms with Gasteiger partial charge in [0.25, 0.3) is 11.3 Å². The van der Waals surface area contributed by atoms with Gasteiger partial charge in [0.15, 0.2) is 0 Å². The number of anilines is 2. The molecule has 4 rings (SSSR count). The van der Waals surface area contributed by atoms with E-state index in [0.29, 0.717) is 5.69 Å². The number of aryl methyl sites for hydroxylation is 2. The molecule has 0 radical (unpaired) electrons. The van der Waals surface area contributed by atoms with Crippen LogP contribution in [-0.2, 0) is 11.3 Å².